The summed E-state index contributed by atoms with van der Waals surface area (Å²) in [6.45, 7) is 3.53. The smallest absolute Gasteiger partial charge is 0.243 e. The molecule has 1 heterocycles. The number of halogens is 1. The van der Waals surface area contributed by atoms with Gasteiger partial charge in [0.15, 0.2) is 0 Å². The van der Waals surface area contributed by atoms with Crippen LogP contribution in [0.25, 0.3) is 0 Å². The molecule has 0 radical (unpaired) electrons. The zero-order valence-corrected chi connectivity index (χ0v) is 10.9. The maximum Gasteiger partial charge on any atom is 0.243 e. The molecule has 94 valence electrons. The van der Waals surface area contributed by atoms with Crippen LogP contribution in [0.2, 0.25) is 0 Å². The molecular formula is C8H17ClN4O2S. The van der Waals surface area contributed by atoms with E-state index in [1.807, 2.05) is 6.92 Å². The highest BCUT2D eigenvalue weighted by molar-refractivity contribution is 7.89. The van der Waals surface area contributed by atoms with E-state index in [9.17, 15) is 8.42 Å². The normalized spacial score (nSPS) is 11.1. The summed E-state index contributed by atoms with van der Waals surface area (Å²) < 4.78 is 27.3. The topological polar surface area (TPSA) is 76.0 Å². The SMILES string of the molecule is CCn1cc(S(=O)(=O)NCCNC)cn1.Cl. The van der Waals surface area contributed by atoms with Crippen LogP contribution in [0.4, 0.5) is 0 Å². The summed E-state index contributed by atoms with van der Waals surface area (Å²) >= 11 is 0. The Balaban J connectivity index is 0.00000225. The monoisotopic (exact) mass is 268 g/mol. The van der Waals surface area contributed by atoms with Crippen molar-refractivity contribution < 1.29 is 8.42 Å². The molecule has 0 aromatic carbocycles. The van der Waals surface area contributed by atoms with Crippen molar-refractivity contribution in [3.63, 3.8) is 0 Å². The molecule has 6 nitrogen and oxygen atoms in total. The van der Waals surface area contributed by atoms with Gasteiger partial charge in [0.05, 0.1) is 6.20 Å². The van der Waals surface area contributed by atoms with Crippen LogP contribution < -0.4 is 10.0 Å². The lowest BCUT2D eigenvalue weighted by molar-refractivity contribution is 0.579. The first-order valence-corrected chi connectivity index (χ1v) is 6.25. The third-order valence-corrected chi connectivity index (χ3v) is 3.33. The average molecular weight is 269 g/mol. The number of sulfonamides is 1. The van der Waals surface area contributed by atoms with Crippen molar-refractivity contribution in [3.05, 3.63) is 12.4 Å². The van der Waals surface area contributed by atoms with E-state index in [1.54, 1.807) is 11.7 Å². The summed E-state index contributed by atoms with van der Waals surface area (Å²) in [7, 11) is -1.63. The summed E-state index contributed by atoms with van der Waals surface area (Å²) in [5.41, 5.74) is 0. The molecule has 8 heteroatoms. The number of likely N-dealkylation sites (N-methyl/N-ethyl adjacent to an activating group) is 1. The predicted molar refractivity (Wildman–Crippen MR) is 64.3 cm³/mol. The van der Waals surface area contributed by atoms with Gasteiger partial charge in [-0.25, -0.2) is 13.1 Å². The van der Waals surface area contributed by atoms with Gasteiger partial charge in [-0.15, -0.1) is 12.4 Å². The van der Waals surface area contributed by atoms with Gasteiger partial charge in [-0.1, -0.05) is 0 Å². The quantitative estimate of drug-likeness (QED) is 0.702. The fourth-order valence-electron chi connectivity index (χ4n) is 1.05. The van der Waals surface area contributed by atoms with E-state index in [-0.39, 0.29) is 17.3 Å². The first-order chi connectivity index (χ1) is 7.10. The van der Waals surface area contributed by atoms with Crippen molar-refractivity contribution in [2.45, 2.75) is 18.4 Å². The number of hydrogen-bond donors (Lipinski definition) is 2. The van der Waals surface area contributed by atoms with Crippen molar-refractivity contribution in [1.29, 1.82) is 0 Å². The van der Waals surface area contributed by atoms with Gasteiger partial charge in [0.1, 0.15) is 4.90 Å². The molecule has 0 fully saturated rings. The van der Waals surface area contributed by atoms with Crippen LogP contribution in [0.15, 0.2) is 17.3 Å². The Labute approximate surface area is 102 Å². The summed E-state index contributed by atoms with van der Waals surface area (Å²) in [5.74, 6) is 0. The van der Waals surface area contributed by atoms with E-state index in [4.69, 9.17) is 0 Å². The Hall–Kier alpha value is -0.630. The maximum absolute atomic E-state index is 11.6. The second kappa shape index (κ2) is 6.85. The van der Waals surface area contributed by atoms with Crippen LogP contribution in [0, 0.1) is 0 Å². The van der Waals surface area contributed by atoms with E-state index in [2.05, 4.69) is 15.1 Å². The summed E-state index contributed by atoms with van der Waals surface area (Å²) in [6.07, 6.45) is 2.87. The molecular weight excluding hydrogens is 252 g/mol. The van der Waals surface area contributed by atoms with Crippen LogP contribution in [-0.4, -0.2) is 38.3 Å². The van der Waals surface area contributed by atoms with E-state index in [0.29, 0.717) is 19.6 Å². The van der Waals surface area contributed by atoms with Crippen LogP contribution in [0.5, 0.6) is 0 Å². The lowest BCUT2D eigenvalue weighted by Gasteiger charge is -2.03. The summed E-state index contributed by atoms with van der Waals surface area (Å²) in [4.78, 5) is 0.209. The van der Waals surface area contributed by atoms with Gasteiger partial charge in [0.2, 0.25) is 10.0 Å². The molecule has 0 amide bonds. The maximum atomic E-state index is 11.6. The molecule has 1 aromatic heterocycles. The molecule has 0 aliphatic rings. The van der Waals surface area contributed by atoms with Gasteiger partial charge in [-0.05, 0) is 14.0 Å². The molecule has 0 aliphatic carbocycles. The number of nitrogens with one attached hydrogen (secondary N) is 2. The second-order valence-electron chi connectivity index (χ2n) is 3.03. The second-order valence-corrected chi connectivity index (χ2v) is 4.80. The molecule has 1 rings (SSSR count). The van der Waals surface area contributed by atoms with Gasteiger partial charge in [-0.3, -0.25) is 4.68 Å². The Morgan fingerprint density at radius 1 is 1.44 bits per heavy atom. The Morgan fingerprint density at radius 2 is 2.12 bits per heavy atom. The molecule has 0 atom stereocenters. The number of hydrogen-bond acceptors (Lipinski definition) is 4. The van der Waals surface area contributed by atoms with Crippen LogP contribution >= 0.6 is 12.4 Å². The third kappa shape index (κ3) is 4.09. The van der Waals surface area contributed by atoms with Gasteiger partial charge in [-0.2, -0.15) is 5.10 Å². The fraction of sp³-hybridized carbons (Fsp3) is 0.625. The fourth-order valence-corrected chi connectivity index (χ4v) is 2.03. The molecule has 0 spiro atoms. The highest BCUT2D eigenvalue weighted by Crippen LogP contribution is 2.05. The van der Waals surface area contributed by atoms with Crippen LogP contribution in [0.3, 0.4) is 0 Å². The van der Waals surface area contributed by atoms with Crippen LogP contribution in [-0.2, 0) is 16.6 Å². The first kappa shape index (κ1) is 15.4. The van der Waals surface area contributed by atoms with Crippen molar-refractivity contribution in [2.75, 3.05) is 20.1 Å². The molecule has 1 aromatic rings. The lowest BCUT2D eigenvalue weighted by Crippen LogP contribution is -2.30. The lowest BCUT2D eigenvalue weighted by atomic mass is 10.7. The predicted octanol–water partition coefficient (Wildman–Crippen LogP) is -0.178. The van der Waals surface area contributed by atoms with E-state index in [1.165, 1.54) is 12.4 Å². The Kier molecular flexibility index (Phi) is 6.58. The molecule has 0 aliphatic heterocycles. The molecule has 0 unspecified atom stereocenters. The van der Waals surface area contributed by atoms with Gasteiger partial charge < -0.3 is 5.32 Å². The Bertz CT molecular complexity index is 404. The molecule has 16 heavy (non-hydrogen) atoms. The minimum Gasteiger partial charge on any atom is -0.318 e. The number of aryl methyl sites for hydroxylation is 1. The van der Waals surface area contributed by atoms with Crippen molar-refractivity contribution in [2.24, 2.45) is 0 Å². The van der Waals surface area contributed by atoms with Crippen molar-refractivity contribution >= 4 is 22.4 Å². The number of rotatable bonds is 6. The number of aromatic nitrogens is 2. The van der Waals surface area contributed by atoms with Crippen LogP contribution in [0.1, 0.15) is 6.92 Å². The first-order valence-electron chi connectivity index (χ1n) is 4.77. The molecule has 0 bridgehead atoms. The minimum atomic E-state index is -3.40. The highest BCUT2D eigenvalue weighted by atomic mass is 35.5. The van der Waals surface area contributed by atoms with Gasteiger partial charge in [0, 0.05) is 25.8 Å². The average Bonchev–Trinajstić information content (AvgIpc) is 2.66. The zero-order chi connectivity index (χ0) is 11.3. The van der Waals surface area contributed by atoms with Crippen molar-refractivity contribution in [1.82, 2.24) is 19.8 Å². The summed E-state index contributed by atoms with van der Waals surface area (Å²) in [5, 5.41) is 6.77. The number of nitrogens with zero attached hydrogens (tertiary/aromatic N) is 2. The molecule has 2 N–H and O–H groups in total. The molecule has 0 saturated heterocycles. The third-order valence-electron chi connectivity index (χ3n) is 1.91. The zero-order valence-electron chi connectivity index (χ0n) is 9.30. The largest absolute Gasteiger partial charge is 0.318 e. The van der Waals surface area contributed by atoms with E-state index in [0.717, 1.165) is 0 Å². The standard InChI is InChI=1S/C8H16N4O2S.ClH/c1-3-12-7-8(6-10-12)15(13,14)11-5-4-9-2;/h6-7,9,11H,3-5H2,1-2H3;1H. The van der Waals surface area contributed by atoms with E-state index >= 15 is 0 Å². The van der Waals surface area contributed by atoms with Gasteiger partial charge >= 0.3 is 0 Å². The summed E-state index contributed by atoms with van der Waals surface area (Å²) in [6, 6.07) is 0. The van der Waals surface area contributed by atoms with Crippen molar-refractivity contribution in [3.8, 4) is 0 Å². The van der Waals surface area contributed by atoms with Gasteiger partial charge in [0.25, 0.3) is 0 Å². The minimum absolute atomic E-state index is 0. The molecule has 0 saturated carbocycles. The van der Waals surface area contributed by atoms with E-state index < -0.39 is 10.0 Å². The highest BCUT2D eigenvalue weighted by Gasteiger charge is 2.14. The Morgan fingerprint density at radius 3 is 2.62 bits per heavy atom.